The molecule has 0 radical (unpaired) electrons. The number of ether oxygens (including phenoxy) is 1. The van der Waals surface area contributed by atoms with E-state index in [0.717, 1.165) is 12.8 Å². The summed E-state index contributed by atoms with van der Waals surface area (Å²) in [5.41, 5.74) is -0.171. The molecule has 0 bridgehead atoms. The zero-order chi connectivity index (χ0) is 11.9. The summed E-state index contributed by atoms with van der Waals surface area (Å²) in [6.45, 7) is 12.7. The van der Waals surface area contributed by atoms with Crippen molar-refractivity contribution in [1.29, 1.82) is 0 Å². The Balaban J connectivity index is 4.28. The van der Waals surface area contributed by atoms with E-state index in [-0.39, 0.29) is 11.2 Å². The van der Waals surface area contributed by atoms with Crippen LogP contribution in [-0.4, -0.2) is 11.2 Å². The molecule has 0 amide bonds. The molecule has 0 fully saturated rings. The fourth-order valence-corrected chi connectivity index (χ4v) is 1.63. The van der Waals surface area contributed by atoms with E-state index in [0.29, 0.717) is 0 Å². The molecule has 0 spiro atoms. The molecule has 0 saturated heterocycles. The van der Waals surface area contributed by atoms with Gasteiger partial charge in [-0.05, 0) is 54.4 Å². The molecular formula is C14H26O. The van der Waals surface area contributed by atoms with Crippen LogP contribution in [0.25, 0.3) is 0 Å². The first kappa shape index (κ1) is 14.4. The number of allylic oxidation sites excluding steroid dienone is 2. The van der Waals surface area contributed by atoms with Crippen LogP contribution >= 0.6 is 0 Å². The predicted molar refractivity (Wildman–Crippen MR) is 68.1 cm³/mol. The lowest BCUT2D eigenvalue weighted by molar-refractivity contribution is -0.118. The summed E-state index contributed by atoms with van der Waals surface area (Å²) in [5.74, 6) is 0. The maximum Gasteiger partial charge on any atom is 0.0668 e. The largest absolute Gasteiger partial charge is 0.369 e. The van der Waals surface area contributed by atoms with Crippen molar-refractivity contribution in [2.24, 2.45) is 0 Å². The van der Waals surface area contributed by atoms with E-state index in [1.807, 2.05) is 13.8 Å². The molecule has 0 aliphatic carbocycles. The molecule has 0 rings (SSSR count). The van der Waals surface area contributed by atoms with Gasteiger partial charge >= 0.3 is 0 Å². The highest BCUT2D eigenvalue weighted by Gasteiger charge is 2.27. The van der Waals surface area contributed by atoms with Crippen LogP contribution in [0.4, 0.5) is 0 Å². The fourth-order valence-electron chi connectivity index (χ4n) is 1.63. The molecule has 15 heavy (non-hydrogen) atoms. The summed E-state index contributed by atoms with van der Waals surface area (Å²) in [6.07, 6.45) is 10.4. The summed E-state index contributed by atoms with van der Waals surface area (Å²) in [5, 5.41) is 0. The van der Waals surface area contributed by atoms with Gasteiger partial charge < -0.3 is 4.74 Å². The Morgan fingerprint density at radius 2 is 1.13 bits per heavy atom. The molecule has 0 aromatic carbocycles. The highest BCUT2D eigenvalue weighted by atomic mass is 16.5. The Morgan fingerprint density at radius 3 is 1.40 bits per heavy atom. The van der Waals surface area contributed by atoms with Gasteiger partial charge in [-0.1, -0.05) is 24.3 Å². The average molecular weight is 210 g/mol. The number of hydrogen-bond donors (Lipinski definition) is 0. The highest BCUT2D eigenvalue weighted by molar-refractivity contribution is 4.91. The van der Waals surface area contributed by atoms with E-state index >= 15 is 0 Å². The van der Waals surface area contributed by atoms with Crippen LogP contribution in [0.1, 0.15) is 54.4 Å². The Labute approximate surface area is 95.2 Å². The number of rotatable bonds is 6. The van der Waals surface area contributed by atoms with Crippen LogP contribution in [0.2, 0.25) is 0 Å². The minimum atomic E-state index is -0.0857. The molecule has 0 unspecified atom stereocenters. The first-order valence-corrected chi connectivity index (χ1v) is 5.75. The van der Waals surface area contributed by atoms with Gasteiger partial charge in [0.15, 0.2) is 0 Å². The molecule has 0 aliphatic heterocycles. The maximum absolute atomic E-state index is 6.13. The zero-order valence-electron chi connectivity index (χ0n) is 11.1. The minimum absolute atomic E-state index is 0.0857. The lowest BCUT2D eigenvalue weighted by Gasteiger charge is -2.35. The van der Waals surface area contributed by atoms with Gasteiger partial charge in [-0.3, -0.25) is 0 Å². The highest BCUT2D eigenvalue weighted by Crippen LogP contribution is 2.26. The van der Waals surface area contributed by atoms with E-state index in [4.69, 9.17) is 4.74 Å². The van der Waals surface area contributed by atoms with Gasteiger partial charge in [0.05, 0.1) is 11.2 Å². The third-order valence-corrected chi connectivity index (χ3v) is 2.24. The van der Waals surface area contributed by atoms with E-state index in [1.54, 1.807) is 0 Å². The molecule has 0 aromatic heterocycles. The SMILES string of the molecule is C/C=C/CC(C)(C)OC(C)(C)C/C=C/C. The van der Waals surface area contributed by atoms with Gasteiger partial charge in [-0.25, -0.2) is 0 Å². The van der Waals surface area contributed by atoms with Crippen molar-refractivity contribution in [3.8, 4) is 0 Å². The van der Waals surface area contributed by atoms with Crippen molar-refractivity contribution >= 4 is 0 Å². The van der Waals surface area contributed by atoms with Crippen LogP contribution in [0.5, 0.6) is 0 Å². The molecule has 1 nitrogen and oxygen atoms in total. The molecule has 0 N–H and O–H groups in total. The van der Waals surface area contributed by atoms with Crippen molar-refractivity contribution in [3.05, 3.63) is 24.3 Å². The standard InChI is InChI=1S/C14H26O/c1-7-9-11-13(3,4)15-14(5,6)12-10-8-2/h7-10H,11-12H2,1-6H3/b9-7+,10-8+. The van der Waals surface area contributed by atoms with Gasteiger partial charge in [0, 0.05) is 0 Å². The van der Waals surface area contributed by atoms with Crippen LogP contribution in [0.3, 0.4) is 0 Å². The van der Waals surface area contributed by atoms with Gasteiger partial charge in [0.1, 0.15) is 0 Å². The minimum Gasteiger partial charge on any atom is -0.369 e. The third kappa shape index (κ3) is 7.38. The Morgan fingerprint density at radius 1 is 0.800 bits per heavy atom. The molecule has 0 aliphatic rings. The van der Waals surface area contributed by atoms with Crippen LogP contribution in [0, 0.1) is 0 Å². The van der Waals surface area contributed by atoms with Crippen LogP contribution in [-0.2, 0) is 4.74 Å². The lowest BCUT2D eigenvalue weighted by Crippen LogP contribution is -2.36. The Kier molecular flexibility index (Phi) is 5.89. The van der Waals surface area contributed by atoms with Crippen molar-refractivity contribution in [1.82, 2.24) is 0 Å². The Bertz CT molecular complexity index is 197. The zero-order valence-corrected chi connectivity index (χ0v) is 11.1. The summed E-state index contributed by atoms with van der Waals surface area (Å²) >= 11 is 0. The average Bonchev–Trinajstić information content (AvgIpc) is 2.10. The normalized spacial score (nSPS) is 14.3. The number of hydrogen-bond acceptors (Lipinski definition) is 1. The molecular weight excluding hydrogens is 184 g/mol. The summed E-state index contributed by atoms with van der Waals surface area (Å²) in [7, 11) is 0. The summed E-state index contributed by atoms with van der Waals surface area (Å²) < 4.78 is 6.13. The van der Waals surface area contributed by atoms with E-state index in [9.17, 15) is 0 Å². The second-order valence-corrected chi connectivity index (χ2v) is 5.17. The van der Waals surface area contributed by atoms with E-state index in [2.05, 4.69) is 52.0 Å². The van der Waals surface area contributed by atoms with Gasteiger partial charge in [0.25, 0.3) is 0 Å². The molecule has 1 heteroatoms. The molecule has 0 atom stereocenters. The van der Waals surface area contributed by atoms with Crippen molar-refractivity contribution in [2.75, 3.05) is 0 Å². The van der Waals surface area contributed by atoms with Gasteiger partial charge in [-0.2, -0.15) is 0 Å². The maximum atomic E-state index is 6.13. The van der Waals surface area contributed by atoms with Crippen LogP contribution in [0.15, 0.2) is 24.3 Å². The lowest BCUT2D eigenvalue weighted by atomic mass is 9.99. The topological polar surface area (TPSA) is 9.23 Å². The van der Waals surface area contributed by atoms with E-state index in [1.165, 1.54) is 0 Å². The quantitative estimate of drug-likeness (QED) is 0.587. The van der Waals surface area contributed by atoms with Crippen LogP contribution < -0.4 is 0 Å². The third-order valence-electron chi connectivity index (χ3n) is 2.24. The second-order valence-electron chi connectivity index (χ2n) is 5.17. The van der Waals surface area contributed by atoms with Crippen molar-refractivity contribution < 1.29 is 4.74 Å². The van der Waals surface area contributed by atoms with Crippen molar-refractivity contribution in [2.45, 2.75) is 65.6 Å². The predicted octanol–water partition coefficient (Wildman–Crippen LogP) is 4.49. The van der Waals surface area contributed by atoms with Gasteiger partial charge in [0.2, 0.25) is 0 Å². The fraction of sp³-hybridized carbons (Fsp3) is 0.714. The van der Waals surface area contributed by atoms with E-state index < -0.39 is 0 Å². The molecule has 0 saturated carbocycles. The van der Waals surface area contributed by atoms with Gasteiger partial charge in [-0.15, -0.1) is 0 Å². The van der Waals surface area contributed by atoms with Crippen molar-refractivity contribution in [3.63, 3.8) is 0 Å². The Hall–Kier alpha value is -0.560. The smallest absolute Gasteiger partial charge is 0.0668 e. The molecule has 0 heterocycles. The summed E-state index contributed by atoms with van der Waals surface area (Å²) in [6, 6.07) is 0. The second kappa shape index (κ2) is 6.12. The first-order chi connectivity index (χ1) is 6.83. The first-order valence-electron chi connectivity index (χ1n) is 5.75. The monoisotopic (exact) mass is 210 g/mol. The molecule has 88 valence electrons. The molecule has 0 aromatic rings. The summed E-state index contributed by atoms with van der Waals surface area (Å²) in [4.78, 5) is 0.